The van der Waals surface area contributed by atoms with Gasteiger partial charge in [-0.2, -0.15) is 0 Å². The molecule has 1 aromatic carbocycles. The zero-order chi connectivity index (χ0) is 12.3. The summed E-state index contributed by atoms with van der Waals surface area (Å²) in [5, 5.41) is 4.14. The molecule has 2 rings (SSSR count). The van der Waals surface area contributed by atoms with Gasteiger partial charge in [-0.15, -0.1) is 11.3 Å². The summed E-state index contributed by atoms with van der Waals surface area (Å²) in [6, 6.07) is 6.00. The molecule has 2 nitrogen and oxygen atoms in total. The molecule has 0 aliphatic heterocycles. The lowest BCUT2D eigenvalue weighted by Crippen LogP contribution is -2.12. The van der Waals surface area contributed by atoms with Gasteiger partial charge in [-0.05, 0) is 40.5 Å². The third-order valence-corrected chi connectivity index (χ3v) is 4.61. The van der Waals surface area contributed by atoms with Crippen LogP contribution in [0.3, 0.4) is 0 Å². The number of thiazole rings is 1. The minimum Gasteiger partial charge on any atom is -0.308 e. The van der Waals surface area contributed by atoms with E-state index in [1.54, 1.807) is 11.3 Å². The SMILES string of the molecule is Cc1ncsc1CNCc1ccc(Br)c(Cl)c1. The maximum absolute atomic E-state index is 6.03. The average molecular weight is 332 g/mol. The minimum absolute atomic E-state index is 0.748. The Balaban J connectivity index is 1.90. The van der Waals surface area contributed by atoms with Crippen molar-refractivity contribution >= 4 is 38.9 Å². The van der Waals surface area contributed by atoms with E-state index in [-0.39, 0.29) is 0 Å². The van der Waals surface area contributed by atoms with Crippen LogP contribution >= 0.6 is 38.9 Å². The molecule has 5 heteroatoms. The zero-order valence-corrected chi connectivity index (χ0v) is 12.5. The number of hydrogen-bond donors (Lipinski definition) is 1. The van der Waals surface area contributed by atoms with Crippen molar-refractivity contribution in [1.82, 2.24) is 10.3 Å². The van der Waals surface area contributed by atoms with Crippen molar-refractivity contribution in [3.05, 3.63) is 49.3 Å². The molecule has 1 heterocycles. The monoisotopic (exact) mass is 330 g/mol. The van der Waals surface area contributed by atoms with Crippen molar-refractivity contribution in [2.75, 3.05) is 0 Å². The molecule has 0 amide bonds. The Kier molecular flexibility index (Phi) is 4.56. The molecule has 0 unspecified atom stereocenters. The zero-order valence-electron chi connectivity index (χ0n) is 9.34. The molecule has 2 aromatic rings. The van der Waals surface area contributed by atoms with Crippen molar-refractivity contribution in [2.24, 2.45) is 0 Å². The molecule has 1 N–H and O–H groups in total. The maximum atomic E-state index is 6.03. The first-order valence-corrected chi connectivity index (χ1v) is 7.25. The van der Waals surface area contributed by atoms with Crippen LogP contribution in [0.5, 0.6) is 0 Å². The molecule has 0 aliphatic carbocycles. The van der Waals surface area contributed by atoms with Crippen LogP contribution < -0.4 is 5.32 Å². The fourth-order valence-electron chi connectivity index (χ4n) is 1.47. The Morgan fingerprint density at radius 3 is 2.88 bits per heavy atom. The van der Waals surface area contributed by atoms with Gasteiger partial charge in [0.25, 0.3) is 0 Å². The van der Waals surface area contributed by atoms with Gasteiger partial charge in [-0.3, -0.25) is 0 Å². The normalized spacial score (nSPS) is 10.8. The van der Waals surface area contributed by atoms with Crippen molar-refractivity contribution in [3.63, 3.8) is 0 Å². The van der Waals surface area contributed by atoms with Crippen LogP contribution in [0.1, 0.15) is 16.1 Å². The van der Waals surface area contributed by atoms with E-state index in [1.165, 1.54) is 10.4 Å². The van der Waals surface area contributed by atoms with E-state index in [2.05, 4.69) is 32.3 Å². The Hall–Kier alpha value is -0.420. The lowest BCUT2D eigenvalue weighted by molar-refractivity contribution is 0.697. The lowest BCUT2D eigenvalue weighted by atomic mass is 10.2. The highest BCUT2D eigenvalue weighted by Crippen LogP contribution is 2.23. The largest absolute Gasteiger partial charge is 0.308 e. The van der Waals surface area contributed by atoms with Crippen LogP contribution in [0, 0.1) is 6.92 Å². The number of nitrogens with zero attached hydrogens (tertiary/aromatic N) is 1. The Morgan fingerprint density at radius 2 is 2.24 bits per heavy atom. The lowest BCUT2D eigenvalue weighted by Gasteiger charge is -2.05. The molecule has 0 aliphatic rings. The third-order valence-electron chi connectivity index (χ3n) is 2.44. The van der Waals surface area contributed by atoms with E-state index in [9.17, 15) is 0 Å². The van der Waals surface area contributed by atoms with Gasteiger partial charge in [0, 0.05) is 22.4 Å². The quantitative estimate of drug-likeness (QED) is 0.910. The van der Waals surface area contributed by atoms with Crippen molar-refractivity contribution < 1.29 is 0 Å². The van der Waals surface area contributed by atoms with Crippen molar-refractivity contribution in [1.29, 1.82) is 0 Å². The summed E-state index contributed by atoms with van der Waals surface area (Å²) in [6.45, 7) is 3.69. The molecule has 0 saturated heterocycles. The number of benzene rings is 1. The van der Waals surface area contributed by atoms with E-state index in [4.69, 9.17) is 11.6 Å². The number of aromatic nitrogens is 1. The van der Waals surface area contributed by atoms with Crippen LogP contribution in [0.25, 0.3) is 0 Å². The van der Waals surface area contributed by atoms with E-state index in [0.29, 0.717) is 0 Å². The van der Waals surface area contributed by atoms with Crippen molar-refractivity contribution in [3.8, 4) is 0 Å². The van der Waals surface area contributed by atoms with Gasteiger partial charge in [0.15, 0.2) is 0 Å². The fraction of sp³-hybridized carbons (Fsp3) is 0.250. The highest BCUT2D eigenvalue weighted by Gasteiger charge is 2.02. The molecule has 17 heavy (non-hydrogen) atoms. The van der Waals surface area contributed by atoms with Gasteiger partial charge in [0.1, 0.15) is 0 Å². The van der Waals surface area contributed by atoms with E-state index in [0.717, 1.165) is 28.3 Å². The molecule has 0 atom stereocenters. The summed E-state index contributed by atoms with van der Waals surface area (Å²) in [5.41, 5.74) is 4.17. The summed E-state index contributed by atoms with van der Waals surface area (Å²) in [4.78, 5) is 5.50. The molecule has 0 radical (unpaired) electrons. The first-order chi connectivity index (χ1) is 8.16. The standard InChI is InChI=1S/C12H12BrClN2S/c1-8-12(17-7-16-8)6-15-5-9-2-3-10(13)11(14)4-9/h2-4,7,15H,5-6H2,1H3. The van der Waals surface area contributed by atoms with Crippen LogP contribution in [-0.2, 0) is 13.1 Å². The summed E-state index contributed by atoms with van der Waals surface area (Å²) >= 11 is 11.1. The molecule has 1 aromatic heterocycles. The van der Waals surface area contributed by atoms with Gasteiger partial charge < -0.3 is 5.32 Å². The third kappa shape index (κ3) is 3.52. The van der Waals surface area contributed by atoms with E-state index < -0.39 is 0 Å². The Morgan fingerprint density at radius 1 is 1.41 bits per heavy atom. The second-order valence-electron chi connectivity index (χ2n) is 3.71. The topological polar surface area (TPSA) is 24.9 Å². The highest BCUT2D eigenvalue weighted by molar-refractivity contribution is 9.10. The number of rotatable bonds is 4. The Labute approximate surface area is 118 Å². The van der Waals surface area contributed by atoms with Gasteiger partial charge in [-0.1, -0.05) is 17.7 Å². The molecule has 0 fully saturated rings. The first-order valence-electron chi connectivity index (χ1n) is 5.20. The summed E-state index contributed by atoms with van der Waals surface area (Å²) in [7, 11) is 0. The van der Waals surface area contributed by atoms with Crippen LogP contribution in [0.15, 0.2) is 28.2 Å². The summed E-state index contributed by atoms with van der Waals surface area (Å²) < 4.78 is 0.932. The number of aryl methyl sites for hydroxylation is 1. The van der Waals surface area contributed by atoms with Gasteiger partial charge in [0.05, 0.1) is 16.2 Å². The number of halogens is 2. The molecule has 0 spiro atoms. The molecular weight excluding hydrogens is 320 g/mol. The second-order valence-corrected chi connectivity index (χ2v) is 5.91. The van der Waals surface area contributed by atoms with E-state index in [1.807, 2.05) is 24.6 Å². The van der Waals surface area contributed by atoms with Crippen LogP contribution in [-0.4, -0.2) is 4.98 Å². The molecule has 0 bridgehead atoms. The predicted octanol–water partition coefficient (Wildman–Crippen LogP) is 4.16. The average Bonchev–Trinajstić information content (AvgIpc) is 2.70. The highest BCUT2D eigenvalue weighted by atomic mass is 79.9. The minimum atomic E-state index is 0.748. The summed E-state index contributed by atoms with van der Waals surface area (Å²) in [5.74, 6) is 0. The van der Waals surface area contributed by atoms with Crippen molar-refractivity contribution in [2.45, 2.75) is 20.0 Å². The second kappa shape index (κ2) is 5.96. The predicted molar refractivity (Wildman–Crippen MR) is 76.5 cm³/mol. The van der Waals surface area contributed by atoms with Gasteiger partial charge in [-0.25, -0.2) is 4.98 Å². The summed E-state index contributed by atoms with van der Waals surface area (Å²) in [6.07, 6.45) is 0. The molecule has 90 valence electrons. The maximum Gasteiger partial charge on any atom is 0.0798 e. The molecule has 0 saturated carbocycles. The number of hydrogen-bond acceptors (Lipinski definition) is 3. The smallest absolute Gasteiger partial charge is 0.0798 e. The Bertz CT molecular complexity index is 513. The van der Waals surface area contributed by atoms with Gasteiger partial charge in [0.2, 0.25) is 0 Å². The van der Waals surface area contributed by atoms with Gasteiger partial charge >= 0.3 is 0 Å². The number of nitrogens with one attached hydrogen (secondary N) is 1. The first kappa shape index (κ1) is 13.0. The van der Waals surface area contributed by atoms with Crippen LogP contribution in [0.4, 0.5) is 0 Å². The molecular formula is C12H12BrClN2S. The fourth-order valence-corrected chi connectivity index (χ4v) is 2.66. The van der Waals surface area contributed by atoms with E-state index >= 15 is 0 Å². The van der Waals surface area contributed by atoms with Crippen LogP contribution in [0.2, 0.25) is 5.02 Å².